The second kappa shape index (κ2) is 10.3. The monoisotopic (exact) mass is 430 g/mol. The van der Waals surface area contributed by atoms with Gasteiger partial charge in [-0.1, -0.05) is 12.1 Å². The maximum atomic E-state index is 12.6. The minimum absolute atomic E-state index is 0.0375. The number of ether oxygens (including phenoxy) is 4. The number of aromatic hydroxyl groups is 1. The van der Waals surface area contributed by atoms with Crippen LogP contribution in [-0.2, 0) is 14.3 Å². The quantitative estimate of drug-likeness (QED) is 0.285. The summed E-state index contributed by atoms with van der Waals surface area (Å²) in [5, 5.41) is 20.9. The zero-order chi connectivity index (χ0) is 22.2. The minimum Gasteiger partial charge on any atom is -0.508 e. The smallest absolute Gasteiger partial charge is 0.412 e. The Hall–Kier alpha value is -3.76. The van der Waals surface area contributed by atoms with Gasteiger partial charge in [0.15, 0.2) is 17.6 Å². The molecule has 2 aromatic rings. The molecule has 0 fully saturated rings. The molecule has 4 N–H and O–H groups in total. The summed E-state index contributed by atoms with van der Waals surface area (Å²) in [6.07, 6.45) is -0.166. The maximum absolute atomic E-state index is 12.6. The van der Waals surface area contributed by atoms with Crippen molar-refractivity contribution in [2.24, 2.45) is 0 Å². The van der Waals surface area contributed by atoms with Gasteiger partial charge in [0.1, 0.15) is 11.9 Å². The fraction of sp³-hybridized carbons (Fsp3) is 0.238. The number of benzene rings is 2. The first-order chi connectivity index (χ1) is 15.0. The van der Waals surface area contributed by atoms with E-state index in [-0.39, 0.29) is 19.1 Å². The highest BCUT2D eigenvalue weighted by Crippen LogP contribution is 2.34. The Bertz CT molecular complexity index is 945. The lowest BCUT2D eigenvalue weighted by Gasteiger charge is -2.25. The Labute approximate surface area is 177 Å². The summed E-state index contributed by atoms with van der Waals surface area (Å²) in [6, 6.07) is 10.9. The van der Waals surface area contributed by atoms with Crippen LogP contribution in [0.3, 0.4) is 0 Å². The topological polar surface area (TPSA) is 136 Å². The van der Waals surface area contributed by atoms with Gasteiger partial charge in [-0.3, -0.25) is 15.3 Å². The second-order valence-electron chi connectivity index (χ2n) is 6.37. The third-order valence-electron chi connectivity index (χ3n) is 4.28. The van der Waals surface area contributed by atoms with Gasteiger partial charge in [0.2, 0.25) is 6.79 Å². The van der Waals surface area contributed by atoms with E-state index in [4.69, 9.17) is 24.2 Å². The lowest BCUT2D eigenvalue weighted by Crippen LogP contribution is -2.28. The molecular weight excluding hydrogens is 408 g/mol. The van der Waals surface area contributed by atoms with Crippen LogP contribution in [0.4, 0.5) is 10.5 Å². The lowest BCUT2D eigenvalue weighted by molar-refractivity contribution is -0.124. The lowest BCUT2D eigenvalue weighted by atomic mass is 10.0. The van der Waals surface area contributed by atoms with Crippen molar-refractivity contribution in [2.45, 2.75) is 19.1 Å². The average molecular weight is 430 g/mol. The summed E-state index contributed by atoms with van der Waals surface area (Å²) in [4.78, 5) is 24.0. The molecular formula is C21H22N2O8. The highest BCUT2D eigenvalue weighted by Gasteiger charge is 2.27. The summed E-state index contributed by atoms with van der Waals surface area (Å²) in [7, 11) is 0. The number of carbonyl (C=O) groups is 2. The van der Waals surface area contributed by atoms with E-state index in [0.717, 1.165) is 6.08 Å². The molecule has 10 heteroatoms. The van der Waals surface area contributed by atoms with E-state index in [1.807, 2.05) is 0 Å². The molecule has 0 bridgehead atoms. The predicted octanol–water partition coefficient (Wildman–Crippen LogP) is 2.88. The van der Waals surface area contributed by atoms with Gasteiger partial charge in [0.05, 0.1) is 0 Å². The standard InChI is InChI=1S/C21H22N2O8/c1-2-28-17(9-10-19(25)23-27)20(13-3-6-15(24)7-4-13)31-21(26)22-14-5-8-16-18(11-14)30-12-29-16/h3-11,17,20,24,27H,2,12H2,1H3,(H,22,26)(H,23,25)/b10-9+/t17-,20-/m1/s1. The molecule has 0 aromatic heterocycles. The van der Waals surface area contributed by atoms with Gasteiger partial charge in [0, 0.05) is 24.4 Å². The van der Waals surface area contributed by atoms with Crippen LogP contribution in [-0.4, -0.2) is 41.8 Å². The second-order valence-corrected chi connectivity index (χ2v) is 6.37. The Kier molecular flexibility index (Phi) is 7.31. The maximum Gasteiger partial charge on any atom is 0.412 e. The van der Waals surface area contributed by atoms with E-state index in [1.54, 1.807) is 37.3 Å². The van der Waals surface area contributed by atoms with Crippen LogP contribution in [0.15, 0.2) is 54.6 Å². The zero-order valence-corrected chi connectivity index (χ0v) is 16.6. The first-order valence-electron chi connectivity index (χ1n) is 9.40. The van der Waals surface area contributed by atoms with E-state index >= 15 is 0 Å². The molecule has 0 saturated carbocycles. The Morgan fingerprint density at radius 2 is 1.90 bits per heavy atom. The number of carbonyl (C=O) groups excluding carboxylic acids is 2. The van der Waals surface area contributed by atoms with E-state index in [0.29, 0.717) is 22.7 Å². The number of hydroxylamine groups is 1. The van der Waals surface area contributed by atoms with Crippen molar-refractivity contribution in [3.63, 3.8) is 0 Å². The van der Waals surface area contributed by atoms with Gasteiger partial charge in [-0.2, -0.15) is 0 Å². The fourth-order valence-electron chi connectivity index (χ4n) is 2.88. The van der Waals surface area contributed by atoms with Crippen LogP contribution in [0.25, 0.3) is 0 Å². The van der Waals surface area contributed by atoms with Gasteiger partial charge in [0.25, 0.3) is 5.91 Å². The first kappa shape index (κ1) is 21.9. The molecule has 164 valence electrons. The number of anilines is 1. The summed E-state index contributed by atoms with van der Waals surface area (Å²) < 4.78 is 21.8. The van der Waals surface area contributed by atoms with Crippen LogP contribution < -0.4 is 20.3 Å². The highest BCUT2D eigenvalue weighted by molar-refractivity contribution is 5.87. The molecule has 1 heterocycles. The van der Waals surface area contributed by atoms with Crippen LogP contribution in [0.2, 0.25) is 0 Å². The number of phenols is 1. The fourth-order valence-corrected chi connectivity index (χ4v) is 2.88. The predicted molar refractivity (Wildman–Crippen MR) is 108 cm³/mol. The molecule has 31 heavy (non-hydrogen) atoms. The molecule has 10 nitrogen and oxygen atoms in total. The highest BCUT2D eigenvalue weighted by atomic mass is 16.7. The largest absolute Gasteiger partial charge is 0.508 e. The zero-order valence-electron chi connectivity index (χ0n) is 16.6. The molecule has 0 unspecified atom stereocenters. The summed E-state index contributed by atoms with van der Waals surface area (Å²) in [5.74, 6) is 0.345. The van der Waals surface area contributed by atoms with Gasteiger partial charge in [-0.05, 0) is 42.8 Å². The number of phenolic OH excluding ortho intramolecular Hbond substituents is 1. The van der Waals surface area contributed by atoms with E-state index in [9.17, 15) is 14.7 Å². The summed E-state index contributed by atoms with van der Waals surface area (Å²) in [6.45, 7) is 2.11. The molecule has 0 aliphatic carbocycles. The van der Waals surface area contributed by atoms with Gasteiger partial charge >= 0.3 is 6.09 Å². The molecule has 0 radical (unpaired) electrons. The number of fused-ring (bicyclic) bond motifs is 1. The van der Waals surface area contributed by atoms with Crippen molar-refractivity contribution in [2.75, 3.05) is 18.7 Å². The van der Waals surface area contributed by atoms with Crippen LogP contribution in [0.5, 0.6) is 17.2 Å². The third-order valence-corrected chi connectivity index (χ3v) is 4.28. The van der Waals surface area contributed by atoms with Gasteiger partial charge in [-0.25, -0.2) is 10.3 Å². The van der Waals surface area contributed by atoms with Crippen LogP contribution in [0, 0.1) is 0 Å². The molecule has 1 aliphatic heterocycles. The van der Waals surface area contributed by atoms with Crippen molar-refractivity contribution < 1.29 is 38.9 Å². The van der Waals surface area contributed by atoms with Crippen LogP contribution in [0.1, 0.15) is 18.6 Å². The Morgan fingerprint density at radius 1 is 1.16 bits per heavy atom. The molecule has 2 atom stereocenters. The molecule has 0 saturated heterocycles. The van der Waals surface area contributed by atoms with E-state index < -0.39 is 24.2 Å². The number of hydrogen-bond acceptors (Lipinski definition) is 8. The molecule has 2 aromatic carbocycles. The Balaban J connectivity index is 1.80. The number of nitrogens with one attached hydrogen (secondary N) is 2. The van der Waals surface area contributed by atoms with Crippen molar-refractivity contribution in [3.8, 4) is 17.2 Å². The number of rotatable bonds is 8. The molecule has 1 aliphatic rings. The molecule has 2 amide bonds. The van der Waals surface area contributed by atoms with Crippen molar-refractivity contribution in [1.29, 1.82) is 0 Å². The summed E-state index contributed by atoms with van der Waals surface area (Å²) >= 11 is 0. The normalized spacial score (nSPS) is 14.1. The summed E-state index contributed by atoms with van der Waals surface area (Å²) in [5.41, 5.74) is 2.44. The molecule has 0 spiro atoms. The van der Waals surface area contributed by atoms with Gasteiger partial charge < -0.3 is 24.1 Å². The number of hydrogen-bond donors (Lipinski definition) is 4. The number of amides is 2. The van der Waals surface area contributed by atoms with E-state index in [2.05, 4.69) is 5.32 Å². The molecule has 3 rings (SSSR count). The van der Waals surface area contributed by atoms with E-state index in [1.165, 1.54) is 23.7 Å². The van der Waals surface area contributed by atoms with Crippen molar-refractivity contribution in [1.82, 2.24) is 5.48 Å². The van der Waals surface area contributed by atoms with Crippen molar-refractivity contribution in [3.05, 3.63) is 60.2 Å². The van der Waals surface area contributed by atoms with Crippen molar-refractivity contribution >= 4 is 17.7 Å². The van der Waals surface area contributed by atoms with Gasteiger partial charge in [-0.15, -0.1) is 0 Å². The van der Waals surface area contributed by atoms with Crippen LogP contribution >= 0.6 is 0 Å². The minimum atomic E-state index is -0.961. The average Bonchev–Trinajstić information content (AvgIpc) is 3.23. The SMILES string of the molecule is CCO[C@H](/C=C/C(=O)NO)[C@H](OC(=O)Nc1ccc2c(c1)OCO2)c1ccc(O)cc1. The first-order valence-corrected chi connectivity index (χ1v) is 9.40. The Morgan fingerprint density at radius 3 is 2.61 bits per heavy atom. The third kappa shape index (κ3) is 5.87.